The van der Waals surface area contributed by atoms with Crippen molar-refractivity contribution in [3.63, 3.8) is 0 Å². The van der Waals surface area contributed by atoms with Crippen molar-refractivity contribution in [2.24, 2.45) is 5.92 Å². The van der Waals surface area contributed by atoms with Crippen LogP contribution in [0.1, 0.15) is 12.1 Å². The van der Waals surface area contributed by atoms with Crippen molar-refractivity contribution in [3.8, 4) is 6.07 Å². The lowest BCUT2D eigenvalue weighted by molar-refractivity contribution is -0.117. The number of pyridine rings is 1. The fraction of sp³-hybridized carbons (Fsp3) is 0.364. The van der Waals surface area contributed by atoms with E-state index in [9.17, 15) is 4.79 Å². The molecule has 1 unspecified atom stereocenters. The number of anilines is 1. The van der Waals surface area contributed by atoms with Gasteiger partial charge in [0.15, 0.2) is 5.69 Å². The molecule has 1 aliphatic rings. The Morgan fingerprint density at radius 3 is 3.12 bits per heavy atom. The maximum absolute atomic E-state index is 11.8. The Hall–Kier alpha value is -1.54. The van der Waals surface area contributed by atoms with Gasteiger partial charge in [0.1, 0.15) is 6.07 Å². The lowest BCUT2D eigenvalue weighted by atomic mass is 10.1. The molecule has 0 bridgehead atoms. The highest BCUT2D eigenvalue weighted by atomic mass is 32.1. The van der Waals surface area contributed by atoms with E-state index in [1.165, 1.54) is 0 Å². The average Bonchev–Trinajstić information content (AvgIpc) is 2.70. The maximum atomic E-state index is 11.8. The maximum Gasteiger partial charge on any atom is 0.227 e. The molecule has 1 saturated heterocycles. The van der Waals surface area contributed by atoms with Gasteiger partial charge in [0, 0.05) is 19.2 Å². The van der Waals surface area contributed by atoms with Gasteiger partial charge in [-0.25, -0.2) is 4.98 Å². The van der Waals surface area contributed by atoms with Crippen LogP contribution in [-0.4, -0.2) is 23.2 Å². The molecule has 1 aromatic heterocycles. The third kappa shape index (κ3) is 1.89. The number of amides is 1. The van der Waals surface area contributed by atoms with Crippen LogP contribution in [0.2, 0.25) is 0 Å². The first kappa shape index (κ1) is 11.0. The van der Waals surface area contributed by atoms with Gasteiger partial charge in [-0.15, -0.1) is 0 Å². The molecule has 16 heavy (non-hydrogen) atoms. The molecule has 1 atom stereocenters. The summed E-state index contributed by atoms with van der Waals surface area (Å²) in [6.07, 6.45) is 2.06. The normalized spacial score (nSPS) is 19.9. The van der Waals surface area contributed by atoms with Crippen molar-refractivity contribution in [1.82, 2.24) is 4.98 Å². The Bertz CT molecular complexity index is 455. The smallest absolute Gasteiger partial charge is 0.227 e. The summed E-state index contributed by atoms with van der Waals surface area (Å²) in [6, 6.07) is 5.49. The predicted molar refractivity (Wildman–Crippen MR) is 63.3 cm³/mol. The SMILES string of the molecule is N#Cc1ncccc1N1CC(CS)CC1=O. The van der Waals surface area contributed by atoms with Gasteiger partial charge in [-0.3, -0.25) is 4.79 Å². The molecule has 0 saturated carbocycles. The lowest BCUT2D eigenvalue weighted by Crippen LogP contribution is -2.25. The van der Waals surface area contributed by atoms with Crippen molar-refractivity contribution in [1.29, 1.82) is 5.26 Å². The lowest BCUT2D eigenvalue weighted by Gasteiger charge is -2.16. The van der Waals surface area contributed by atoms with Gasteiger partial charge in [-0.05, 0) is 23.8 Å². The monoisotopic (exact) mass is 233 g/mol. The van der Waals surface area contributed by atoms with Crippen LogP contribution in [0.3, 0.4) is 0 Å². The van der Waals surface area contributed by atoms with Crippen molar-refractivity contribution in [2.45, 2.75) is 6.42 Å². The quantitative estimate of drug-likeness (QED) is 0.782. The minimum Gasteiger partial charge on any atom is -0.309 e. The fourth-order valence-electron chi connectivity index (χ4n) is 1.84. The Morgan fingerprint density at radius 2 is 2.50 bits per heavy atom. The van der Waals surface area contributed by atoms with E-state index in [0.29, 0.717) is 30.1 Å². The Balaban J connectivity index is 2.32. The largest absolute Gasteiger partial charge is 0.309 e. The van der Waals surface area contributed by atoms with Crippen molar-refractivity contribution in [2.75, 3.05) is 17.2 Å². The number of carbonyl (C=O) groups excluding carboxylic acids is 1. The zero-order valence-corrected chi connectivity index (χ0v) is 9.52. The molecule has 2 rings (SSSR count). The van der Waals surface area contributed by atoms with Gasteiger partial charge in [-0.2, -0.15) is 17.9 Å². The second kappa shape index (κ2) is 4.54. The summed E-state index contributed by atoms with van der Waals surface area (Å²) in [5.74, 6) is 0.996. The fourth-order valence-corrected chi connectivity index (χ4v) is 2.08. The first-order valence-electron chi connectivity index (χ1n) is 5.02. The Kier molecular flexibility index (Phi) is 3.11. The minimum absolute atomic E-state index is 0.0450. The number of hydrogen-bond donors (Lipinski definition) is 1. The summed E-state index contributed by atoms with van der Waals surface area (Å²) in [5, 5.41) is 8.92. The van der Waals surface area contributed by atoms with Crippen LogP contribution >= 0.6 is 12.6 Å². The van der Waals surface area contributed by atoms with Gasteiger partial charge >= 0.3 is 0 Å². The number of rotatable bonds is 2. The number of thiol groups is 1. The van der Waals surface area contributed by atoms with Crippen molar-refractivity contribution >= 4 is 24.2 Å². The molecule has 0 spiro atoms. The highest BCUT2D eigenvalue weighted by Crippen LogP contribution is 2.27. The van der Waals surface area contributed by atoms with Crippen LogP contribution in [-0.2, 0) is 4.79 Å². The Morgan fingerprint density at radius 1 is 1.69 bits per heavy atom. The molecule has 82 valence electrons. The zero-order valence-electron chi connectivity index (χ0n) is 8.63. The number of aromatic nitrogens is 1. The van der Waals surface area contributed by atoms with E-state index in [0.717, 1.165) is 0 Å². The van der Waals surface area contributed by atoms with E-state index in [1.54, 1.807) is 23.2 Å². The van der Waals surface area contributed by atoms with Gasteiger partial charge < -0.3 is 4.90 Å². The first-order chi connectivity index (χ1) is 7.76. The molecule has 4 nitrogen and oxygen atoms in total. The van der Waals surface area contributed by atoms with E-state index in [1.807, 2.05) is 6.07 Å². The summed E-state index contributed by atoms with van der Waals surface area (Å²) in [5.41, 5.74) is 0.912. The summed E-state index contributed by atoms with van der Waals surface area (Å²) in [7, 11) is 0. The first-order valence-corrected chi connectivity index (χ1v) is 5.66. The molecule has 0 N–H and O–H groups in total. The zero-order chi connectivity index (χ0) is 11.5. The van der Waals surface area contributed by atoms with Crippen LogP contribution < -0.4 is 4.90 Å². The second-order valence-corrected chi connectivity index (χ2v) is 4.11. The molecule has 1 amide bonds. The van der Waals surface area contributed by atoms with Crippen LogP contribution in [0.15, 0.2) is 18.3 Å². The van der Waals surface area contributed by atoms with Gasteiger partial charge in [0.25, 0.3) is 0 Å². The van der Waals surface area contributed by atoms with Gasteiger partial charge in [0.2, 0.25) is 5.91 Å². The van der Waals surface area contributed by atoms with E-state index in [4.69, 9.17) is 5.26 Å². The minimum atomic E-state index is 0.0450. The molecular weight excluding hydrogens is 222 g/mol. The number of nitriles is 1. The second-order valence-electron chi connectivity index (χ2n) is 3.74. The van der Waals surface area contributed by atoms with E-state index in [2.05, 4.69) is 17.6 Å². The van der Waals surface area contributed by atoms with E-state index >= 15 is 0 Å². The highest BCUT2D eigenvalue weighted by Gasteiger charge is 2.31. The third-order valence-electron chi connectivity index (χ3n) is 2.65. The summed E-state index contributed by atoms with van der Waals surface area (Å²) in [4.78, 5) is 17.4. The molecular formula is C11H11N3OS. The van der Waals surface area contributed by atoms with Crippen LogP contribution in [0, 0.1) is 17.2 Å². The van der Waals surface area contributed by atoms with Crippen LogP contribution in [0.5, 0.6) is 0 Å². The molecule has 2 heterocycles. The predicted octanol–water partition coefficient (Wildman–Crippen LogP) is 1.24. The molecule has 5 heteroatoms. The topological polar surface area (TPSA) is 57.0 Å². The van der Waals surface area contributed by atoms with Crippen LogP contribution in [0.4, 0.5) is 5.69 Å². The number of nitrogens with zero attached hydrogens (tertiary/aromatic N) is 3. The van der Waals surface area contributed by atoms with Gasteiger partial charge in [-0.1, -0.05) is 0 Å². The van der Waals surface area contributed by atoms with Crippen molar-refractivity contribution < 1.29 is 4.79 Å². The molecule has 1 aliphatic heterocycles. The Labute approximate surface area is 99.3 Å². The standard InChI is InChI=1S/C11H11N3OS/c12-5-9-10(2-1-3-13-9)14-6-8(7-16)4-11(14)15/h1-3,8,16H,4,6-7H2. The molecule has 0 aromatic carbocycles. The highest BCUT2D eigenvalue weighted by molar-refractivity contribution is 7.80. The van der Waals surface area contributed by atoms with E-state index in [-0.39, 0.29) is 11.8 Å². The van der Waals surface area contributed by atoms with E-state index < -0.39 is 0 Å². The third-order valence-corrected chi connectivity index (χ3v) is 3.16. The van der Waals surface area contributed by atoms with Crippen LogP contribution in [0.25, 0.3) is 0 Å². The molecule has 1 aromatic rings. The summed E-state index contributed by atoms with van der Waals surface area (Å²) >= 11 is 4.20. The molecule has 1 fully saturated rings. The summed E-state index contributed by atoms with van der Waals surface area (Å²) < 4.78 is 0. The molecule has 0 radical (unpaired) electrons. The number of hydrogen-bond acceptors (Lipinski definition) is 4. The average molecular weight is 233 g/mol. The summed E-state index contributed by atoms with van der Waals surface area (Å²) in [6.45, 7) is 0.628. The number of carbonyl (C=O) groups is 1. The van der Waals surface area contributed by atoms with Gasteiger partial charge in [0.05, 0.1) is 5.69 Å². The van der Waals surface area contributed by atoms with Crippen molar-refractivity contribution in [3.05, 3.63) is 24.0 Å². The molecule has 0 aliphatic carbocycles.